The number of halogens is 1. The molecule has 0 aromatic carbocycles. The molecular formula is C11H16BrNO. The lowest BCUT2D eigenvalue weighted by Gasteiger charge is -2.05. The molecule has 3 heteroatoms. The van der Waals surface area contributed by atoms with Crippen LogP contribution in [0.2, 0.25) is 0 Å². The Labute approximate surface area is 93.0 Å². The molecule has 2 N–H and O–H groups in total. The molecular weight excluding hydrogens is 242 g/mol. The lowest BCUT2D eigenvalue weighted by molar-refractivity contribution is 0.430. The second kappa shape index (κ2) is 4.49. The number of hydrogen-bond acceptors (Lipinski definition) is 2. The van der Waals surface area contributed by atoms with Gasteiger partial charge >= 0.3 is 0 Å². The van der Waals surface area contributed by atoms with Gasteiger partial charge in [-0.05, 0) is 41.4 Å². The third kappa shape index (κ3) is 2.04. The van der Waals surface area contributed by atoms with Crippen LogP contribution in [0.1, 0.15) is 43.1 Å². The van der Waals surface area contributed by atoms with E-state index in [1.807, 2.05) is 0 Å². The van der Waals surface area contributed by atoms with Gasteiger partial charge in [-0.3, -0.25) is 0 Å². The van der Waals surface area contributed by atoms with E-state index in [1.54, 1.807) is 0 Å². The summed E-state index contributed by atoms with van der Waals surface area (Å²) in [5.41, 5.74) is 5.50. The van der Waals surface area contributed by atoms with E-state index < -0.39 is 0 Å². The van der Waals surface area contributed by atoms with Crippen molar-refractivity contribution in [1.29, 1.82) is 0 Å². The van der Waals surface area contributed by atoms with E-state index in [0.29, 0.717) is 12.5 Å². The summed E-state index contributed by atoms with van der Waals surface area (Å²) in [6.45, 7) is 0.657. The molecule has 0 unspecified atom stereocenters. The Kier molecular flexibility index (Phi) is 3.29. The predicted octanol–water partition coefficient (Wildman–Crippen LogP) is 3.20. The number of hydrogen-bond donors (Lipinski definition) is 1. The molecule has 0 radical (unpaired) electrons. The number of nitrogens with two attached hydrogens (primary N) is 1. The molecule has 0 amide bonds. The SMILES string of the molecule is NCCc1cc(Br)c(C2CCCC2)o1. The highest BCUT2D eigenvalue weighted by Gasteiger charge is 2.23. The van der Waals surface area contributed by atoms with E-state index in [-0.39, 0.29) is 0 Å². The van der Waals surface area contributed by atoms with Crippen molar-refractivity contribution in [3.05, 3.63) is 22.1 Å². The molecule has 0 bridgehead atoms. The lowest BCUT2D eigenvalue weighted by atomic mass is 10.1. The van der Waals surface area contributed by atoms with Gasteiger partial charge in [0.25, 0.3) is 0 Å². The largest absolute Gasteiger partial charge is 0.465 e. The predicted molar refractivity (Wildman–Crippen MR) is 60.4 cm³/mol. The van der Waals surface area contributed by atoms with E-state index in [1.165, 1.54) is 25.7 Å². The van der Waals surface area contributed by atoms with Crippen LogP contribution in [0.15, 0.2) is 15.0 Å². The van der Waals surface area contributed by atoms with Gasteiger partial charge in [0.1, 0.15) is 11.5 Å². The fraction of sp³-hybridized carbons (Fsp3) is 0.636. The Morgan fingerprint density at radius 1 is 1.43 bits per heavy atom. The summed E-state index contributed by atoms with van der Waals surface area (Å²) in [4.78, 5) is 0. The molecule has 0 atom stereocenters. The summed E-state index contributed by atoms with van der Waals surface area (Å²) in [6.07, 6.45) is 6.06. The van der Waals surface area contributed by atoms with Crippen molar-refractivity contribution in [2.75, 3.05) is 6.54 Å². The molecule has 1 fully saturated rings. The van der Waals surface area contributed by atoms with Crippen molar-refractivity contribution in [2.24, 2.45) is 5.73 Å². The Morgan fingerprint density at radius 2 is 2.14 bits per heavy atom. The summed E-state index contributed by atoms with van der Waals surface area (Å²) in [6, 6.07) is 2.07. The van der Waals surface area contributed by atoms with Crippen LogP contribution in [0.5, 0.6) is 0 Å². The number of rotatable bonds is 3. The first-order chi connectivity index (χ1) is 6.81. The van der Waals surface area contributed by atoms with Gasteiger partial charge in [-0.25, -0.2) is 0 Å². The van der Waals surface area contributed by atoms with Gasteiger partial charge in [0.2, 0.25) is 0 Å². The van der Waals surface area contributed by atoms with Crippen LogP contribution in [-0.4, -0.2) is 6.54 Å². The quantitative estimate of drug-likeness (QED) is 0.904. The van der Waals surface area contributed by atoms with Crippen LogP contribution in [-0.2, 0) is 6.42 Å². The lowest BCUT2D eigenvalue weighted by Crippen LogP contribution is -2.01. The molecule has 1 aromatic heterocycles. The van der Waals surface area contributed by atoms with E-state index in [0.717, 1.165) is 22.4 Å². The highest BCUT2D eigenvalue weighted by molar-refractivity contribution is 9.10. The van der Waals surface area contributed by atoms with Gasteiger partial charge in [0.15, 0.2) is 0 Å². The highest BCUT2D eigenvalue weighted by atomic mass is 79.9. The molecule has 1 aromatic rings. The van der Waals surface area contributed by atoms with Crippen molar-refractivity contribution in [3.63, 3.8) is 0 Å². The maximum absolute atomic E-state index is 5.81. The highest BCUT2D eigenvalue weighted by Crippen LogP contribution is 2.39. The maximum Gasteiger partial charge on any atom is 0.121 e. The molecule has 1 heterocycles. The molecule has 0 aliphatic heterocycles. The minimum atomic E-state index is 0.635. The summed E-state index contributed by atoms with van der Waals surface area (Å²) in [5.74, 6) is 2.79. The fourth-order valence-corrected chi connectivity index (χ4v) is 2.82. The molecule has 2 rings (SSSR count). The molecule has 1 aliphatic rings. The van der Waals surface area contributed by atoms with Crippen LogP contribution >= 0.6 is 15.9 Å². The normalized spacial score (nSPS) is 17.9. The van der Waals surface area contributed by atoms with Crippen molar-refractivity contribution < 1.29 is 4.42 Å². The van der Waals surface area contributed by atoms with Gasteiger partial charge in [0, 0.05) is 12.3 Å². The van der Waals surface area contributed by atoms with E-state index in [9.17, 15) is 0 Å². The van der Waals surface area contributed by atoms with Gasteiger partial charge in [-0.1, -0.05) is 12.8 Å². The minimum Gasteiger partial charge on any atom is -0.465 e. The van der Waals surface area contributed by atoms with Crippen LogP contribution in [0, 0.1) is 0 Å². The van der Waals surface area contributed by atoms with Gasteiger partial charge in [-0.2, -0.15) is 0 Å². The van der Waals surface area contributed by atoms with E-state index in [2.05, 4.69) is 22.0 Å². The Bertz CT molecular complexity index is 302. The first-order valence-corrected chi connectivity index (χ1v) is 6.08. The fourth-order valence-electron chi connectivity index (χ4n) is 2.16. The zero-order chi connectivity index (χ0) is 9.97. The Hall–Kier alpha value is -0.280. The second-order valence-corrected chi connectivity index (χ2v) is 4.80. The van der Waals surface area contributed by atoms with Crippen LogP contribution in [0.25, 0.3) is 0 Å². The van der Waals surface area contributed by atoms with E-state index in [4.69, 9.17) is 10.2 Å². The summed E-state index contributed by atoms with van der Waals surface area (Å²) in [5, 5.41) is 0. The Morgan fingerprint density at radius 3 is 2.79 bits per heavy atom. The molecule has 0 saturated heterocycles. The average Bonchev–Trinajstić information content (AvgIpc) is 2.74. The molecule has 1 aliphatic carbocycles. The smallest absolute Gasteiger partial charge is 0.121 e. The molecule has 1 saturated carbocycles. The summed E-state index contributed by atoms with van der Waals surface area (Å²) >= 11 is 3.56. The second-order valence-electron chi connectivity index (χ2n) is 3.94. The van der Waals surface area contributed by atoms with Crippen molar-refractivity contribution in [2.45, 2.75) is 38.0 Å². The minimum absolute atomic E-state index is 0.635. The van der Waals surface area contributed by atoms with Crippen molar-refractivity contribution in [1.82, 2.24) is 0 Å². The average molecular weight is 258 g/mol. The summed E-state index contributed by atoms with van der Waals surface area (Å²) < 4.78 is 6.94. The van der Waals surface area contributed by atoms with Crippen molar-refractivity contribution in [3.8, 4) is 0 Å². The van der Waals surface area contributed by atoms with Gasteiger partial charge in [-0.15, -0.1) is 0 Å². The van der Waals surface area contributed by atoms with Gasteiger partial charge in [0.05, 0.1) is 4.47 Å². The molecule has 0 spiro atoms. The maximum atomic E-state index is 5.81. The van der Waals surface area contributed by atoms with Crippen LogP contribution < -0.4 is 5.73 Å². The third-order valence-corrected chi connectivity index (χ3v) is 3.50. The first-order valence-electron chi connectivity index (χ1n) is 5.29. The topological polar surface area (TPSA) is 39.2 Å². The Balaban J connectivity index is 2.15. The standard InChI is InChI=1S/C11H16BrNO/c12-10-7-9(5-6-13)14-11(10)8-3-1-2-4-8/h7-8H,1-6,13H2. The zero-order valence-electron chi connectivity index (χ0n) is 8.26. The van der Waals surface area contributed by atoms with Crippen molar-refractivity contribution >= 4 is 15.9 Å². The monoisotopic (exact) mass is 257 g/mol. The van der Waals surface area contributed by atoms with Crippen LogP contribution in [0.3, 0.4) is 0 Å². The summed E-state index contributed by atoms with van der Waals surface area (Å²) in [7, 11) is 0. The zero-order valence-corrected chi connectivity index (χ0v) is 9.85. The van der Waals surface area contributed by atoms with Gasteiger partial charge < -0.3 is 10.2 Å². The molecule has 14 heavy (non-hydrogen) atoms. The first kappa shape index (κ1) is 10.2. The molecule has 78 valence electrons. The van der Waals surface area contributed by atoms with Crippen LogP contribution in [0.4, 0.5) is 0 Å². The molecule has 2 nitrogen and oxygen atoms in total. The number of furan rings is 1. The third-order valence-electron chi connectivity index (χ3n) is 2.88. The van der Waals surface area contributed by atoms with E-state index >= 15 is 0 Å².